The zero-order valence-corrected chi connectivity index (χ0v) is 19.4. The normalized spacial score (nSPS) is 18.5. The highest BCUT2D eigenvalue weighted by Crippen LogP contribution is 2.38. The van der Waals surface area contributed by atoms with E-state index in [4.69, 9.17) is 9.47 Å². The molecule has 2 aliphatic heterocycles. The van der Waals surface area contributed by atoms with Crippen LogP contribution in [-0.4, -0.2) is 51.6 Å². The van der Waals surface area contributed by atoms with Gasteiger partial charge in [-0.25, -0.2) is 5.01 Å². The second-order valence-electron chi connectivity index (χ2n) is 8.64. The fourth-order valence-electron chi connectivity index (χ4n) is 4.57. The lowest BCUT2D eigenvalue weighted by atomic mass is 9.98. The van der Waals surface area contributed by atoms with E-state index in [0.29, 0.717) is 0 Å². The van der Waals surface area contributed by atoms with Crippen molar-refractivity contribution in [2.45, 2.75) is 13.2 Å². The summed E-state index contributed by atoms with van der Waals surface area (Å²) in [6.45, 7) is 6.16. The first kappa shape index (κ1) is 21.3. The predicted molar refractivity (Wildman–Crippen MR) is 134 cm³/mol. The van der Waals surface area contributed by atoms with E-state index >= 15 is 0 Å². The van der Waals surface area contributed by atoms with E-state index in [1.807, 2.05) is 23.2 Å². The van der Waals surface area contributed by atoms with Crippen molar-refractivity contribution in [1.29, 1.82) is 0 Å². The lowest BCUT2D eigenvalue weighted by Gasteiger charge is -2.35. The molecule has 0 radical (unpaired) electrons. The maximum Gasteiger partial charge on any atom is 0.219 e. The highest BCUT2D eigenvalue weighted by atomic mass is 16.5. The molecule has 3 aromatic rings. The molecule has 0 saturated carbocycles. The van der Waals surface area contributed by atoms with Gasteiger partial charge in [0.15, 0.2) is 6.40 Å². The van der Waals surface area contributed by atoms with Gasteiger partial charge in [-0.1, -0.05) is 42.5 Å². The molecule has 5 rings (SSSR count). The van der Waals surface area contributed by atoms with Crippen LogP contribution in [0.1, 0.15) is 17.4 Å². The molecule has 1 fully saturated rings. The number of nitrogens with zero attached hydrogens (tertiary/aromatic N) is 4. The molecule has 3 aromatic carbocycles. The average molecular weight is 443 g/mol. The number of methoxy groups -OCH3 is 1. The molecule has 1 atom stereocenters. The minimum absolute atomic E-state index is 0.303. The zero-order valence-electron chi connectivity index (χ0n) is 19.4. The van der Waals surface area contributed by atoms with Crippen molar-refractivity contribution < 1.29 is 9.47 Å². The van der Waals surface area contributed by atoms with E-state index in [-0.39, 0.29) is 6.23 Å². The molecule has 0 aromatic heterocycles. The highest BCUT2D eigenvalue weighted by molar-refractivity contribution is 5.71. The van der Waals surface area contributed by atoms with E-state index in [1.165, 1.54) is 23.1 Å². The number of benzene rings is 3. The minimum atomic E-state index is -0.303. The van der Waals surface area contributed by atoms with E-state index in [1.54, 1.807) is 7.11 Å². The summed E-state index contributed by atoms with van der Waals surface area (Å²) in [6, 6.07) is 23.2. The Morgan fingerprint density at radius 2 is 1.73 bits per heavy atom. The Morgan fingerprint density at radius 1 is 0.939 bits per heavy atom. The van der Waals surface area contributed by atoms with Crippen molar-refractivity contribution in [2.75, 3.05) is 50.2 Å². The van der Waals surface area contributed by atoms with E-state index < -0.39 is 0 Å². The highest BCUT2D eigenvalue weighted by Gasteiger charge is 2.28. The largest absolute Gasteiger partial charge is 0.495 e. The molecule has 0 amide bonds. The lowest BCUT2D eigenvalue weighted by molar-refractivity contribution is 0.227. The maximum absolute atomic E-state index is 5.95. The molecule has 0 aliphatic carbocycles. The first-order valence-electron chi connectivity index (χ1n) is 11.4. The van der Waals surface area contributed by atoms with Gasteiger partial charge in [0.2, 0.25) is 6.23 Å². The van der Waals surface area contributed by atoms with E-state index in [2.05, 4.69) is 77.4 Å². The third-order valence-corrected chi connectivity index (χ3v) is 6.47. The number of ether oxygens (including phenoxy) is 2. The summed E-state index contributed by atoms with van der Waals surface area (Å²) in [7, 11) is 3.89. The number of hydrazone groups is 1. The van der Waals surface area contributed by atoms with Crippen molar-refractivity contribution in [1.82, 2.24) is 4.90 Å². The number of likely N-dealkylation sites (N-methyl/N-ethyl adjacent to an activating group) is 1. The van der Waals surface area contributed by atoms with Gasteiger partial charge in [-0.2, -0.15) is 0 Å². The summed E-state index contributed by atoms with van der Waals surface area (Å²) in [6.07, 6.45) is 1.23. The van der Waals surface area contributed by atoms with Crippen LogP contribution in [0, 0.1) is 6.92 Å². The van der Waals surface area contributed by atoms with Gasteiger partial charge in [0.05, 0.1) is 18.5 Å². The Morgan fingerprint density at radius 3 is 2.45 bits per heavy atom. The first-order valence-corrected chi connectivity index (χ1v) is 11.4. The molecule has 6 heteroatoms. The Hall–Kier alpha value is -3.51. The summed E-state index contributed by atoms with van der Waals surface area (Å²) in [5, 5.41) is 6.49. The Balaban J connectivity index is 1.43. The number of anilines is 2. The van der Waals surface area contributed by atoms with Crippen molar-refractivity contribution in [3.63, 3.8) is 0 Å². The third-order valence-electron chi connectivity index (χ3n) is 6.47. The average Bonchev–Trinajstić information content (AvgIpc) is 3.35. The van der Waals surface area contributed by atoms with Crippen molar-refractivity contribution in [3.8, 4) is 16.9 Å². The summed E-state index contributed by atoms with van der Waals surface area (Å²) < 4.78 is 11.6. The van der Waals surface area contributed by atoms with Gasteiger partial charge in [0.25, 0.3) is 0 Å². The van der Waals surface area contributed by atoms with Gasteiger partial charge in [-0.3, -0.25) is 0 Å². The van der Waals surface area contributed by atoms with Gasteiger partial charge < -0.3 is 19.3 Å². The lowest BCUT2D eigenvalue weighted by Crippen LogP contribution is -2.44. The van der Waals surface area contributed by atoms with E-state index in [9.17, 15) is 0 Å². The zero-order chi connectivity index (χ0) is 22.8. The summed E-state index contributed by atoms with van der Waals surface area (Å²) >= 11 is 0. The van der Waals surface area contributed by atoms with Crippen LogP contribution >= 0.6 is 0 Å². The molecule has 170 valence electrons. The molecule has 0 bridgehead atoms. The molecule has 0 N–H and O–H groups in total. The first-order chi connectivity index (χ1) is 16.1. The summed E-state index contributed by atoms with van der Waals surface area (Å²) in [4.78, 5) is 4.74. The minimum Gasteiger partial charge on any atom is -0.495 e. The van der Waals surface area contributed by atoms with Gasteiger partial charge in [-0.15, -0.1) is 5.10 Å². The van der Waals surface area contributed by atoms with Crippen LogP contribution in [-0.2, 0) is 4.74 Å². The van der Waals surface area contributed by atoms with Crippen molar-refractivity contribution in [2.24, 2.45) is 5.10 Å². The second kappa shape index (κ2) is 9.16. The van der Waals surface area contributed by atoms with Crippen LogP contribution < -0.4 is 14.6 Å². The Labute approximate surface area is 195 Å². The quantitative estimate of drug-likeness (QED) is 0.562. The topological polar surface area (TPSA) is 40.5 Å². The van der Waals surface area contributed by atoms with Gasteiger partial charge in [0, 0.05) is 31.7 Å². The van der Waals surface area contributed by atoms with Crippen LogP contribution in [0.2, 0.25) is 0 Å². The number of piperazine rings is 1. The van der Waals surface area contributed by atoms with Crippen LogP contribution in [0.15, 0.2) is 71.8 Å². The number of hydrogen-bond donors (Lipinski definition) is 0. The third kappa shape index (κ3) is 4.26. The SMILES string of the molecule is COc1ccc(N2N=COC2c2ccc(-c3ccccc3)c(C)c2)cc1N1CCN(C)CC1. The smallest absolute Gasteiger partial charge is 0.219 e. The van der Waals surface area contributed by atoms with E-state index in [0.717, 1.165) is 48.9 Å². The van der Waals surface area contributed by atoms with Crippen molar-refractivity contribution in [3.05, 3.63) is 77.9 Å². The second-order valence-corrected chi connectivity index (χ2v) is 8.64. The van der Waals surface area contributed by atoms with Crippen LogP contribution in [0.5, 0.6) is 5.75 Å². The summed E-state index contributed by atoms with van der Waals surface area (Å²) in [5.41, 5.74) is 6.80. The fourth-order valence-corrected chi connectivity index (χ4v) is 4.57. The van der Waals surface area contributed by atoms with Crippen LogP contribution in [0.4, 0.5) is 11.4 Å². The fraction of sp³-hybridized carbons (Fsp3) is 0.296. The molecule has 0 spiro atoms. The Bertz CT molecular complexity index is 1140. The van der Waals surface area contributed by atoms with Gasteiger partial charge in [-0.05, 0) is 54.9 Å². The number of rotatable bonds is 5. The maximum atomic E-state index is 5.95. The summed E-state index contributed by atoms with van der Waals surface area (Å²) in [5.74, 6) is 0.881. The monoisotopic (exact) mass is 442 g/mol. The molecule has 33 heavy (non-hydrogen) atoms. The molecule has 6 nitrogen and oxygen atoms in total. The molecule has 2 heterocycles. The number of hydrogen-bond acceptors (Lipinski definition) is 6. The molecule has 1 saturated heterocycles. The van der Waals surface area contributed by atoms with Crippen LogP contribution in [0.3, 0.4) is 0 Å². The number of aryl methyl sites for hydroxylation is 1. The van der Waals surface area contributed by atoms with Gasteiger partial charge in [0.1, 0.15) is 5.75 Å². The standard InChI is InChI=1S/C27H30N4O2/c1-20-17-22(9-11-24(20)21-7-5-4-6-8-21)27-31(28-19-33-27)23-10-12-26(32-3)25(18-23)30-15-13-29(2)14-16-30/h4-12,17-19,27H,13-16H2,1-3H3. The van der Waals surface area contributed by atoms with Crippen LogP contribution in [0.25, 0.3) is 11.1 Å². The van der Waals surface area contributed by atoms with Crippen molar-refractivity contribution >= 4 is 17.8 Å². The van der Waals surface area contributed by atoms with Gasteiger partial charge >= 0.3 is 0 Å². The molecular formula is C27H30N4O2. The molecular weight excluding hydrogens is 412 g/mol. The Kier molecular flexibility index (Phi) is 5.92. The molecule has 1 unspecified atom stereocenters. The predicted octanol–water partition coefficient (Wildman–Crippen LogP) is 4.90. The molecule has 2 aliphatic rings.